The van der Waals surface area contributed by atoms with E-state index in [1.807, 2.05) is 0 Å². The number of nitrogens with zero attached hydrogens (tertiary/aromatic N) is 3. The van der Waals surface area contributed by atoms with Crippen LogP contribution < -0.4 is 5.73 Å². The third-order valence-corrected chi connectivity index (χ3v) is 2.96. The third-order valence-electron chi connectivity index (χ3n) is 2.66. The molecule has 1 aromatic heterocycles. The summed E-state index contributed by atoms with van der Waals surface area (Å²) in [4.78, 5) is 0. The summed E-state index contributed by atoms with van der Waals surface area (Å²) in [7, 11) is 0. The molecule has 1 atom stereocenters. The summed E-state index contributed by atoms with van der Waals surface area (Å²) in [6, 6.07) is 4.34. The van der Waals surface area contributed by atoms with Crippen LogP contribution in [0.1, 0.15) is 31.5 Å². The number of aromatic nitrogens is 3. The fraction of sp³-hybridized carbons (Fsp3) is 0.333. The Bertz CT molecular complexity index is 541. The number of nitrogens with two attached hydrogens (primary N) is 1. The first-order valence-electron chi connectivity index (χ1n) is 5.75. The zero-order valence-corrected chi connectivity index (χ0v) is 10.7. The summed E-state index contributed by atoms with van der Waals surface area (Å²) < 4.78 is 14.8. The van der Waals surface area contributed by atoms with Crippen molar-refractivity contribution >= 4 is 11.6 Å². The molecule has 18 heavy (non-hydrogen) atoms. The van der Waals surface area contributed by atoms with Gasteiger partial charge in [0.15, 0.2) is 0 Å². The van der Waals surface area contributed by atoms with Gasteiger partial charge in [-0.3, -0.25) is 0 Å². The zero-order chi connectivity index (χ0) is 13.1. The van der Waals surface area contributed by atoms with Crippen molar-refractivity contribution in [2.75, 3.05) is 0 Å². The predicted molar refractivity (Wildman–Crippen MR) is 68.2 cm³/mol. The fourth-order valence-electron chi connectivity index (χ4n) is 1.66. The van der Waals surface area contributed by atoms with Crippen LogP contribution in [0.4, 0.5) is 4.39 Å². The second-order valence-corrected chi connectivity index (χ2v) is 4.49. The molecule has 0 aliphatic heterocycles. The van der Waals surface area contributed by atoms with Crippen molar-refractivity contribution in [2.45, 2.75) is 25.8 Å². The maximum atomic E-state index is 13.3. The Morgan fingerprint density at radius 2 is 2.28 bits per heavy atom. The molecule has 2 aromatic rings. The van der Waals surface area contributed by atoms with Crippen LogP contribution in [-0.4, -0.2) is 15.0 Å². The molecule has 6 heteroatoms. The molecular formula is C12H14ClFN4. The highest BCUT2D eigenvalue weighted by Gasteiger charge is 2.11. The van der Waals surface area contributed by atoms with Crippen LogP contribution in [0.25, 0.3) is 5.69 Å². The van der Waals surface area contributed by atoms with Gasteiger partial charge < -0.3 is 5.73 Å². The molecule has 0 amide bonds. The van der Waals surface area contributed by atoms with Crippen molar-refractivity contribution in [3.8, 4) is 5.69 Å². The van der Waals surface area contributed by atoms with Gasteiger partial charge in [0.1, 0.15) is 5.82 Å². The molecular weight excluding hydrogens is 255 g/mol. The van der Waals surface area contributed by atoms with Gasteiger partial charge in [0.2, 0.25) is 0 Å². The maximum absolute atomic E-state index is 13.3. The Hall–Kier alpha value is -1.46. The molecule has 0 bridgehead atoms. The smallest absolute Gasteiger partial charge is 0.143 e. The molecule has 0 aliphatic rings. The fourth-order valence-corrected chi connectivity index (χ4v) is 1.78. The van der Waals surface area contributed by atoms with E-state index in [4.69, 9.17) is 17.3 Å². The standard InChI is InChI=1S/C12H14ClFN4/c1-2-3-11(15)12-7-18(17-16-12)8-4-5-9(13)10(14)6-8/h4-7,11H,2-3,15H2,1H3. The molecule has 1 heterocycles. The van der Waals surface area contributed by atoms with Crippen LogP contribution in [0.2, 0.25) is 5.02 Å². The molecule has 4 nitrogen and oxygen atoms in total. The van der Waals surface area contributed by atoms with Crippen molar-refractivity contribution in [1.29, 1.82) is 0 Å². The summed E-state index contributed by atoms with van der Waals surface area (Å²) >= 11 is 5.62. The lowest BCUT2D eigenvalue weighted by Gasteiger charge is -2.04. The Labute approximate surface area is 110 Å². The molecule has 2 N–H and O–H groups in total. The lowest BCUT2D eigenvalue weighted by Crippen LogP contribution is -2.10. The predicted octanol–water partition coefficient (Wildman–Crippen LogP) is 2.86. The molecule has 0 spiro atoms. The highest BCUT2D eigenvalue weighted by atomic mass is 35.5. The number of benzene rings is 1. The van der Waals surface area contributed by atoms with E-state index in [1.54, 1.807) is 12.3 Å². The second kappa shape index (κ2) is 5.46. The van der Waals surface area contributed by atoms with E-state index in [0.29, 0.717) is 11.4 Å². The van der Waals surface area contributed by atoms with Crippen LogP contribution in [0.5, 0.6) is 0 Å². The lowest BCUT2D eigenvalue weighted by molar-refractivity contribution is 0.619. The normalized spacial score (nSPS) is 12.7. The van der Waals surface area contributed by atoms with Gasteiger partial charge in [-0.1, -0.05) is 30.2 Å². The third kappa shape index (κ3) is 2.68. The van der Waals surface area contributed by atoms with Crippen molar-refractivity contribution in [2.24, 2.45) is 5.73 Å². The van der Waals surface area contributed by atoms with Gasteiger partial charge in [0.05, 0.1) is 28.6 Å². The topological polar surface area (TPSA) is 56.7 Å². The van der Waals surface area contributed by atoms with Crippen LogP contribution in [0, 0.1) is 5.82 Å². The van der Waals surface area contributed by atoms with Gasteiger partial charge in [0.25, 0.3) is 0 Å². The molecule has 96 valence electrons. The van der Waals surface area contributed by atoms with Gasteiger partial charge in [0, 0.05) is 6.07 Å². The average molecular weight is 269 g/mol. The number of halogens is 2. The summed E-state index contributed by atoms with van der Waals surface area (Å²) in [5.41, 5.74) is 7.21. The van der Waals surface area contributed by atoms with Gasteiger partial charge >= 0.3 is 0 Å². The minimum absolute atomic E-state index is 0.0850. The molecule has 2 rings (SSSR count). The van der Waals surface area contributed by atoms with E-state index in [-0.39, 0.29) is 11.1 Å². The Morgan fingerprint density at radius 3 is 2.94 bits per heavy atom. The van der Waals surface area contributed by atoms with E-state index in [0.717, 1.165) is 12.8 Å². The molecule has 1 aromatic carbocycles. The minimum atomic E-state index is -0.482. The Kier molecular flexibility index (Phi) is 3.93. The summed E-state index contributed by atoms with van der Waals surface area (Å²) in [6.07, 6.45) is 3.53. The first-order chi connectivity index (χ1) is 8.61. The van der Waals surface area contributed by atoms with Gasteiger partial charge in [-0.05, 0) is 18.6 Å². The highest BCUT2D eigenvalue weighted by molar-refractivity contribution is 6.30. The number of rotatable bonds is 4. The van der Waals surface area contributed by atoms with E-state index in [9.17, 15) is 4.39 Å². The van der Waals surface area contributed by atoms with Crippen LogP contribution in [0.3, 0.4) is 0 Å². The summed E-state index contributed by atoms with van der Waals surface area (Å²) in [5.74, 6) is -0.482. The maximum Gasteiger partial charge on any atom is 0.143 e. The van der Waals surface area contributed by atoms with Crippen molar-refractivity contribution in [1.82, 2.24) is 15.0 Å². The van der Waals surface area contributed by atoms with E-state index < -0.39 is 5.82 Å². The van der Waals surface area contributed by atoms with E-state index in [2.05, 4.69) is 17.2 Å². The second-order valence-electron chi connectivity index (χ2n) is 4.08. The Morgan fingerprint density at radius 1 is 1.50 bits per heavy atom. The monoisotopic (exact) mass is 268 g/mol. The lowest BCUT2D eigenvalue weighted by atomic mass is 10.1. The van der Waals surface area contributed by atoms with Crippen molar-refractivity contribution in [3.63, 3.8) is 0 Å². The minimum Gasteiger partial charge on any atom is -0.323 e. The molecule has 0 fully saturated rings. The first-order valence-corrected chi connectivity index (χ1v) is 6.13. The van der Waals surface area contributed by atoms with Crippen LogP contribution in [0.15, 0.2) is 24.4 Å². The zero-order valence-electron chi connectivity index (χ0n) is 9.98. The summed E-state index contributed by atoms with van der Waals surface area (Å²) in [6.45, 7) is 2.05. The SMILES string of the molecule is CCCC(N)c1cn(-c2ccc(Cl)c(F)c2)nn1. The van der Waals surface area contributed by atoms with Gasteiger partial charge in [-0.25, -0.2) is 9.07 Å². The molecule has 0 aliphatic carbocycles. The van der Waals surface area contributed by atoms with Crippen LogP contribution >= 0.6 is 11.6 Å². The summed E-state index contributed by atoms with van der Waals surface area (Å²) in [5, 5.41) is 8.02. The Balaban J connectivity index is 2.26. The van der Waals surface area contributed by atoms with Crippen LogP contribution in [-0.2, 0) is 0 Å². The molecule has 0 radical (unpaired) electrons. The number of hydrogen-bond donors (Lipinski definition) is 1. The molecule has 0 saturated carbocycles. The largest absolute Gasteiger partial charge is 0.323 e. The highest BCUT2D eigenvalue weighted by Crippen LogP contribution is 2.19. The van der Waals surface area contributed by atoms with E-state index in [1.165, 1.54) is 16.8 Å². The average Bonchev–Trinajstić information content (AvgIpc) is 2.82. The molecule has 1 unspecified atom stereocenters. The van der Waals surface area contributed by atoms with Crippen molar-refractivity contribution in [3.05, 3.63) is 40.9 Å². The molecule has 0 saturated heterocycles. The van der Waals surface area contributed by atoms with Crippen molar-refractivity contribution < 1.29 is 4.39 Å². The quantitative estimate of drug-likeness (QED) is 0.928. The van der Waals surface area contributed by atoms with Gasteiger partial charge in [-0.2, -0.15) is 0 Å². The van der Waals surface area contributed by atoms with E-state index >= 15 is 0 Å². The van der Waals surface area contributed by atoms with Gasteiger partial charge in [-0.15, -0.1) is 5.10 Å². The first kappa shape index (κ1) is 13.0. The number of hydrogen-bond acceptors (Lipinski definition) is 3.